The fourth-order valence-corrected chi connectivity index (χ4v) is 3.07. The summed E-state index contributed by atoms with van der Waals surface area (Å²) >= 11 is 3.32. The Kier molecular flexibility index (Phi) is 6.82. The van der Waals surface area contributed by atoms with E-state index in [1.807, 2.05) is 6.92 Å². The van der Waals surface area contributed by atoms with E-state index in [1.54, 1.807) is 10.9 Å². The topological polar surface area (TPSA) is 99.3 Å². The molecule has 12 heteroatoms. The van der Waals surface area contributed by atoms with Gasteiger partial charge in [0.2, 0.25) is 5.91 Å². The van der Waals surface area contributed by atoms with Gasteiger partial charge in [-0.05, 0) is 41.1 Å². The Morgan fingerprint density at radius 3 is 2.62 bits per heavy atom. The van der Waals surface area contributed by atoms with Crippen molar-refractivity contribution in [3.63, 3.8) is 0 Å². The molecule has 0 fully saturated rings. The van der Waals surface area contributed by atoms with Gasteiger partial charge in [-0.15, -0.1) is 0 Å². The van der Waals surface area contributed by atoms with Gasteiger partial charge in [-0.3, -0.25) is 19.6 Å². The van der Waals surface area contributed by atoms with E-state index in [9.17, 15) is 28.1 Å². The number of carbonyl (C=O) groups is 1. The van der Waals surface area contributed by atoms with Crippen molar-refractivity contribution in [2.45, 2.75) is 26.1 Å². The van der Waals surface area contributed by atoms with Gasteiger partial charge in [0, 0.05) is 24.2 Å². The molecule has 0 saturated carbocycles. The molecule has 0 spiro atoms. The number of hydrogen-bond donors (Lipinski definition) is 1. The van der Waals surface area contributed by atoms with E-state index in [-0.39, 0.29) is 30.2 Å². The molecule has 1 heterocycles. The Hall–Kier alpha value is -3.41. The number of anilines is 1. The highest BCUT2D eigenvalue weighted by atomic mass is 79.9. The van der Waals surface area contributed by atoms with Crippen LogP contribution in [0.1, 0.15) is 17.7 Å². The average Bonchev–Trinajstić information content (AvgIpc) is 3.03. The minimum atomic E-state index is -4.57. The molecule has 168 valence electrons. The van der Waals surface area contributed by atoms with Crippen LogP contribution >= 0.6 is 15.9 Å². The van der Waals surface area contributed by atoms with Crippen LogP contribution < -0.4 is 10.1 Å². The molecule has 0 aliphatic heterocycles. The van der Waals surface area contributed by atoms with Gasteiger partial charge < -0.3 is 10.1 Å². The lowest BCUT2D eigenvalue weighted by Gasteiger charge is -2.12. The molecule has 3 rings (SSSR count). The predicted octanol–water partition coefficient (Wildman–Crippen LogP) is 5.70. The molecule has 0 radical (unpaired) electrons. The van der Waals surface area contributed by atoms with Crippen molar-refractivity contribution in [3.8, 4) is 11.5 Å². The second-order valence-electron chi connectivity index (χ2n) is 6.70. The van der Waals surface area contributed by atoms with Crippen LogP contribution in [0, 0.1) is 17.0 Å². The molecule has 0 saturated heterocycles. The van der Waals surface area contributed by atoms with Gasteiger partial charge in [0.25, 0.3) is 5.69 Å². The number of alkyl halides is 3. The standard InChI is InChI=1S/C20H16BrF3N4O4/c1-12-18(21)11-25-27(12)6-5-19(29)26-14-8-15(28(30)31)10-17(9-14)32-16-4-2-3-13(7-16)20(22,23)24/h2-4,7-11H,5-6H2,1H3,(H,26,29). The maximum Gasteiger partial charge on any atom is 0.416 e. The number of nitrogens with zero attached hydrogens (tertiary/aromatic N) is 3. The predicted molar refractivity (Wildman–Crippen MR) is 113 cm³/mol. The SMILES string of the molecule is Cc1c(Br)cnn1CCC(=O)Nc1cc(Oc2cccc(C(F)(F)F)c2)cc([N+](=O)[O-])c1. The highest BCUT2D eigenvalue weighted by Crippen LogP contribution is 2.34. The first-order valence-electron chi connectivity index (χ1n) is 9.15. The van der Waals surface area contributed by atoms with Crippen molar-refractivity contribution < 1.29 is 27.6 Å². The molecule has 32 heavy (non-hydrogen) atoms. The molecule has 1 amide bonds. The van der Waals surface area contributed by atoms with Gasteiger partial charge in [-0.1, -0.05) is 6.07 Å². The fraction of sp³-hybridized carbons (Fsp3) is 0.200. The Morgan fingerprint density at radius 2 is 2.00 bits per heavy atom. The summed E-state index contributed by atoms with van der Waals surface area (Å²) in [6.45, 7) is 2.11. The molecule has 0 atom stereocenters. The summed E-state index contributed by atoms with van der Waals surface area (Å²) in [5.41, 5.74) is -0.402. The second kappa shape index (κ2) is 9.39. The Balaban J connectivity index is 1.76. The minimum absolute atomic E-state index is 0.0431. The third-order valence-corrected chi connectivity index (χ3v) is 5.16. The third-order valence-electron chi connectivity index (χ3n) is 4.38. The largest absolute Gasteiger partial charge is 0.457 e. The molecular weight excluding hydrogens is 497 g/mol. The normalized spacial score (nSPS) is 11.3. The van der Waals surface area contributed by atoms with Crippen molar-refractivity contribution >= 4 is 33.2 Å². The lowest BCUT2D eigenvalue weighted by Crippen LogP contribution is -2.15. The van der Waals surface area contributed by atoms with E-state index in [2.05, 4.69) is 26.3 Å². The Bertz CT molecular complexity index is 1160. The van der Waals surface area contributed by atoms with E-state index >= 15 is 0 Å². The molecule has 0 aliphatic rings. The van der Waals surface area contributed by atoms with Crippen LogP contribution in [0.2, 0.25) is 0 Å². The molecule has 0 unspecified atom stereocenters. The zero-order valence-corrected chi connectivity index (χ0v) is 18.1. The molecule has 0 aliphatic carbocycles. The maximum atomic E-state index is 12.9. The summed E-state index contributed by atoms with van der Waals surface area (Å²) in [5, 5.41) is 17.9. The number of hydrogen-bond acceptors (Lipinski definition) is 5. The summed E-state index contributed by atoms with van der Waals surface area (Å²) in [7, 11) is 0. The first kappa shape index (κ1) is 23.3. The number of halogens is 4. The van der Waals surface area contributed by atoms with Gasteiger partial charge in [0.1, 0.15) is 11.5 Å². The van der Waals surface area contributed by atoms with Crippen molar-refractivity contribution in [1.82, 2.24) is 9.78 Å². The Morgan fingerprint density at radius 1 is 1.25 bits per heavy atom. The number of nitro benzene ring substituents is 1. The van der Waals surface area contributed by atoms with Gasteiger partial charge in [0.05, 0.1) is 39.5 Å². The summed E-state index contributed by atoms with van der Waals surface area (Å²) in [5.74, 6) is -0.681. The first-order chi connectivity index (χ1) is 15.0. The zero-order chi connectivity index (χ0) is 23.5. The van der Waals surface area contributed by atoms with Gasteiger partial charge in [0.15, 0.2) is 0 Å². The van der Waals surface area contributed by atoms with Crippen molar-refractivity contribution in [1.29, 1.82) is 0 Å². The highest BCUT2D eigenvalue weighted by molar-refractivity contribution is 9.10. The molecule has 0 bridgehead atoms. The maximum absolute atomic E-state index is 12.9. The Labute approximate surface area is 188 Å². The van der Waals surface area contributed by atoms with Crippen LogP contribution in [0.3, 0.4) is 0 Å². The molecule has 8 nitrogen and oxygen atoms in total. The van der Waals surface area contributed by atoms with E-state index in [0.29, 0.717) is 0 Å². The second-order valence-corrected chi connectivity index (χ2v) is 7.55. The smallest absolute Gasteiger partial charge is 0.416 e. The minimum Gasteiger partial charge on any atom is -0.457 e. The van der Waals surface area contributed by atoms with Crippen LogP contribution in [0.4, 0.5) is 24.5 Å². The van der Waals surface area contributed by atoms with Crippen molar-refractivity contribution in [2.75, 3.05) is 5.32 Å². The number of rotatable bonds is 7. The first-order valence-corrected chi connectivity index (χ1v) is 9.94. The monoisotopic (exact) mass is 512 g/mol. The summed E-state index contributed by atoms with van der Waals surface area (Å²) < 4.78 is 46.5. The zero-order valence-electron chi connectivity index (χ0n) is 16.5. The summed E-state index contributed by atoms with van der Waals surface area (Å²) in [6.07, 6.45) is -2.92. The average molecular weight is 513 g/mol. The van der Waals surface area contributed by atoms with E-state index < -0.39 is 28.3 Å². The van der Waals surface area contributed by atoms with Crippen LogP contribution in [0.5, 0.6) is 11.5 Å². The highest BCUT2D eigenvalue weighted by Gasteiger charge is 2.30. The molecule has 1 N–H and O–H groups in total. The lowest BCUT2D eigenvalue weighted by atomic mass is 10.2. The fourth-order valence-electron chi connectivity index (χ4n) is 2.77. The molecule has 3 aromatic rings. The van der Waals surface area contributed by atoms with Gasteiger partial charge in [-0.25, -0.2) is 0 Å². The number of non-ortho nitro benzene ring substituents is 1. The number of benzene rings is 2. The number of carbonyl (C=O) groups excluding carboxylic acids is 1. The number of aromatic nitrogens is 2. The molecule has 1 aromatic heterocycles. The van der Waals surface area contributed by atoms with Crippen molar-refractivity contribution in [2.24, 2.45) is 0 Å². The number of amides is 1. The van der Waals surface area contributed by atoms with Crippen LogP contribution in [0.15, 0.2) is 53.1 Å². The van der Waals surface area contributed by atoms with Crippen LogP contribution in [0.25, 0.3) is 0 Å². The summed E-state index contributed by atoms with van der Waals surface area (Å²) in [6, 6.07) is 7.59. The van der Waals surface area contributed by atoms with Crippen LogP contribution in [-0.4, -0.2) is 20.6 Å². The molecule has 2 aromatic carbocycles. The summed E-state index contributed by atoms with van der Waals surface area (Å²) in [4.78, 5) is 22.9. The molecular formula is C20H16BrF3N4O4. The van der Waals surface area contributed by atoms with E-state index in [4.69, 9.17) is 4.74 Å². The number of aryl methyl sites for hydroxylation is 1. The van der Waals surface area contributed by atoms with Crippen molar-refractivity contribution in [3.05, 3.63) is 74.5 Å². The quantitative estimate of drug-likeness (QED) is 0.323. The lowest BCUT2D eigenvalue weighted by molar-refractivity contribution is -0.384. The number of nitrogens with one attached hydrogen (secondary N) is 1. The van der Waals surface area contributed by atoms with Crippen LogP contribution in [-0.2, 0) is 17.5 Å². The number of ether oxygens (including phenoxy) is 1. The third kappa shape index (κ3) is 5.84. The number of nitro groups is 1. The van der Waals surface area contributed by atoms with E-state index in [1.165, 1.54) is 12.1 Å². The van der Waals surface area contributed by atoms with E-state index in [0.717, 1.165) is 40.5 Å². The van der Waals surface area contributed by atoms with Gasteiger partial charge in [-0.2, -0.15) is 18.3 Å². The van der Waals surface area contributed by atoms with Gasteiger partial charge >= 0.3 is 6.18 Å².